The maximum absolute atomic E-state index is 13.9. The quantitative estimate of drug-likeness (QED) is 0.682. The maximum atomic E-state index is 13.9. The van der Waals surface area contributed by atoms with E-state index in [1.165, 1.54) is 11.2 Å². The van der Waals surface area contributed by atoms with Crippen LogP contribution in [0.25, 0.3) is 0 Å². The number of hydrogen-bond donors (Lipinski definition) is 0. The highest BCUT2D eigenvalue weighted by atomic mass is 16.5. The van der Waals surface area contributed by atoms with Crippen molar-refractivity contribution in [2.24, 2.45) is 11.8 Å². The molecule has 2 aromatic rings. The molecule has 0 radical (unpaired) electrons. The number of carbonyl (C=O) groups is 3. The minimum absolute atomic E-state index is 0.0735. The molecule has 3 unspecified atom stereocenters. The van der Waals surface area contributed by atoms with Gasteiger partial charge in [-0.2, -0.15) is 0 Å². The van der Waals surface area contributed by atoms with Crippen LogP contribution in [0, 0.1) is 18.8 Å². The number of aryl methyl sites for hydroxylation is 1. The third-order valence-electron chi connectivity index (χ3n) is 6.92. The lowest BCUT2D eigenvalue weighted by Gasteiger charge is -2.46. The number of rotatable bonds is 4. The summed E-state index contributed by atoms with van der Waals surface area (Å²) in [6, 6.07) is 8.88. The predicted octanol–water partition coefficient (Wildman–Crippen LogP) is 2.46. The third kappa shape index (κ3) is 2.85. The second kappa shape index (κ2) is 7.39. The zero-order valence-electron chi connectivity index (χ0n) is 18.4. The van der Waals surface area contributed by atoms with E-state index >= 15 is 0 Å². The van der Waals surface area contributed by atoms with Gasteiger partial charge in [0.25, 0.3) is 0 Å². The molecule has 2 fully saturated rings. The first kappa shape index (κ1) is 20.6. The van der Waals surface area contributed by atoms with E-state index in [1.54, 1.807) is 30.9 Å². The van der Waals surface area contributed by atoms with Crippen molar-refractivity contribution in [3.05, 3.63) is 53.5 Å². The molecule has 0 saturated carbocycles. The molecule has 1 aromatic carbocycles. The fourth-order valence-corrected chi connectivity index (χ4v) is 5.64. The Morgan fingerprint density at radius 2 is 2.09 bits per heavy atom. The average molecular weight is 438 g/mol. The van der Waals surface area contributed by atoms with Crippen LogP contribution < -0.4 is 4.74 Å². The molecule has 32 heavy (non-hydrogen) atoms. The normalized spacial score (nSPS) is 28.7. The van der Waals surface area contributed by atoms with E-state index in [0.29, 0.717) is 11.5 Å². The first-order valence-electron chi connectivity index (χ1n) is 10.9. The number of nitrogens with zero attached hydrogens (tertiary/aromatic N) is 2. The molecule has 8 heteroatoms. The summed E-state index contributed by atoms with van der Waals surface area (Å²) in [4.78, 5) is 43.7. The molecule has 0 aliphatic carbocycles. The van der Waals surface area contributed by atoms with E-state index in [9.17, 15) is 14.4 Å². The smallest absolute Gasteiger partial charge is 0.312 e. The van der Waals surface area contributed by atoms with Crippen LogP contribution in [0.5, 0.6) is 5.75 Å². The lowest BCUT2D eigenvalue weighted by atomic mass is 9.77. The van der Waals surface area contributed by atoms with Gasteiger partial charge in [-0.05, 0) is 39.0 Å². The molecule has 3 aliphatic heterocycles. The molecule has 0 N–H and O–H groups in total. The summed E-state index contributed by atoms with van der Waals surface area (Å²) in [5, 5.41) is 0. The van der Waals surface area contributed by atoms with Crippen molar-refractivity contribution in [3.63, 3.8) is 0 Å². The molecule has 2 saturated heterocycles. The van der Waals surface area contributed by atoms with Crippen LogP contribution in [-0.2, 0) is 25.7 Å². The standard InChI is InChI=1S/C24H26N2O6/c1-4-30-22(28)20-17-13-32-18-8-7-14(2)10-16(18)21(17)26-19(27)12-25(23(29)24(20,26)3)11-15-6-5-9-31-15/h5-10,17,20-21H,4,11-13H2,1-3H3/t17?,20?,21?,24-/m1/s1. The van der Waals surface area contributed by atoms with E-state index in [4.69, 9.17) is 13.9 Å². The highest BCUT2D eigenvalue weighted by Gasteiger charge is 2.69. The van der Waals surface area contributed by atoms with Gasteiger partial charge in [-0.25, -0.2) is 0 Å². The minimum Gasteiger partial charge on any atom is -0.493 e. The molecule has 2 amide bonds. The van der Waals surface area contributed by atoms with Crippen LogP contribution in [0.3, 0.4) is 0 Å². The van der Waals surface area contributed by atoms with Crippen molar-refractivity contribution in [2.45, 2.75) is 38.9 Å². The van der Waals surface area contributed by atoms with E-state index in [0.717, 1.165) is 11.1 Å². The lowest BCUT2D eigenvalue weighted by Crippen LogP contribution is -2.67. The Morgan fingerprint density at radius 1 is 1.28 bits per heavy atom. The van der Waals surface area contributed by atoms with Crippen molar-refractivity contribution in [3.8, 4) is 5.75 Å². The second-order valence-corrected chi connectivity index (χ2v) is 8.84. The van der Waals surface area contributed by atoms with Crippen LogP contribution in [0.15, 0.2) is 41.0 Å². The monoisotopic (exact) mass is 438 g/mol. The molecule has 0 bridgehead atoms. The SMILES string of the molecule is CCOC(=O)C1C2COc3ccc(C)cc3C2N2C(=O)CN(Cc3ccco3)C(=O)[C@@]12C. The number of hydrogen-bond acceptors (Lipinski definition) is 6. The summed E-state index contributed by atoms with van der Waals surface area (Å²) in [5.41, 5.74) is 0.475. The van der Waals surface area contributed by atoms with Crippen LogP contribution in [0.2, 0.25) is 0 Å². The Bertz CT molecular complexity index is 1080. The van der Waals surface area contributed by atoms with Gasteiger partial charge in [-0.1, -0.05) is 17.7 Å². The molecular formula is C24H26N2O6. The highest BCUT2D eigenvalue weighted by molar-refractivity contribution is 6.02. The topological polar surface area (TPSA) is 89.3 Å². The lowest BCUT2D eigenvalue weighted by molar-refractivity contribution is -0.171. The summed E-state index contributed by atoms with van der Waals surface area (Å²) in [6.07, 6.45) is 1.53. The van der Waals surface area contributed by atoms with E-state index in [1.807, 2.05) is 25.1 Å². The van der Waals surface area contributed by atoms with Gasteiger partial charge >= 0.3 is 5.97 Å². The number of ether oxygens (including phenoxy) is 2. The molecule has 1 aromatic heterocycles. The number of esters is 1. The summed E-state index contributed by atoms with van der Waals surface area (Å²) in [6.45, 7) is 5.91. The van der Waals surface area contributed by atoms with Crippen molar-refractivity contribution < 1.29 is 28.3 Å². The highest BCUT2D eigenvalue weighted by Crippen LogP contribution is 2.56. The number of piperazine rings is 1. The van der Waals surface area contributed by atoms with E-state index < -0.39 is 23.5 Å². The Morgan fingerprint density at radius 3 is 2.81 bits per heavy atom. The van der Waals surface area contributed by atoms with Crippen molar-refractivity contribution in [1.29, 1.82) is 0 Å². The number of amides is 2. The minimum atomic E-state index is -1.38. The predicted molar refractivity (Wildman–Crippen MR) is 112 cm³/mol. The largest absolute Gasteiger partial charge is 0.493 e. The van der Waals surface area contributed by atoms with Gasteiger partial charge in [-0.15, -0.1) is 0 Å². The molecule has 3 aliphatic rings. The van der Waals surface area contributed by atoms with Gasteiger partial charge in [0.1, 0.15) is 23.6 Å². The van der Waals surface area contributed by atoms with Gasteiger partial charge in [0.15, 0.2) is 0 Å². The summed E-state index contributed by atoms with van der Waals surface area (Å²) >= 11 is 0. The van der Waals surface area contributed by atoms with Crippen LogP contribution in [0.4, 0.5) is 0 Å². The Balaban J connectivity index is 1.62. The first-order valence-corrected chi connectivity index (χ1v) is 10.9. The first-order chi connectivity index (χ1) is 15.4. The second-order valence-electron chi connectivity index (χ2n) is 8.84. The number of benzene rings is 1. The van der Waals surface area contributed by atoms with Crippen LogP contribution in [0.1, 0.15) is 36.8 Å². The molecular weight excluding hydrogens is 412 g/mol. The molecule has 4 heterocycles. The van der Waals surface area contributed by atoms with Gasteiger partial charge in [0, 0.05) is 11.5 Å². The fraction of sp³-hybridized carbons (Fsp3) is 0.458. The Labute approximate surface area is 186 Å². The molecule has 4 atom stereocenters. The van der Waals surface area contributed by atoms with Crippen LogP contribution in [-0.4, -0.2) is 52.9 Å². The number of carbonyl (C=O) groups excluding carboxylic acids is 3. The van der Waals surface area contributed by atoms with Crippen molar-refractivity contribution in [2.75, 3.05) is 19.8 Å². The molecule has 5 rings (SSSR count). The van der Waals surface area contributed by atoms with Gasteiger partial charge in [0.05, 0.1) is 38.0 Å². The summed E-state index contributed by atoms with van der Waals surface area (Å²) in [5.74, 6) is -0.919. The zero-order chi connectivity index (χ0) is 22.6. The number of furan rings is 1. The molecule has 0 spiro atoms. The average Bonchev–Trinajstić information content (AvgIpc) is 3.36. The molecule has 168 valence electrons. The van der Waals surface area contributed by atoms with Crippen molar-refractivity contribution >= 4 is 17.8 Å². The van der Waals surface area contributed by atoms with Crippen LogP contribution >= 0.6 is 0 Å². The fourth-order valence-electron chi connectivity index (χ4n) is 5.64. The van der Waals surface area contributed by atoms with Gasteiger partial charge < -0.3 is 23.7 Å². The van der Waals surface area contributed by atoms with Crippen molar-refractivity contribution in [1.82, 2.24) is 9.80 Å². The molecule has 8 nitrogen and oxygen atoms in total. The zero-order valence-corrected chi connectivity index (χ0v) is 18.4. The third-order valence-corrected chi connectivity index (χ3v) is 6.92. The van der Waals surface area contributed by atoms with E-state index in [2.05, 4.69) is 0 Å². The number of fused-ring (bicyclic) bond motifs is 5. The van der Waals surface area contributed by atoms with Gasteiger partial charge in [-0.3, -0.25) is 14.4 Å². The summed E-state index contributed by atoms with van der Waals surface area (Å²) < 4.78 is 16.8. The maximum Gasteiger partial charge on any atom is 0.312 e. The Kier molecular flexibility index (Phi) is 4.76. The Hall–Kier alpha value is -3.29. The van der Waals surface area contributed by atoms with Gasteiger partial charge in [0.2, 0.25) is 11.8 Å². The van der Waals surface area contributed by atoms with E-state index in [-0.39, 0.29) is 44.0 Å². The summed E-state index contributed by atoms with van der Waals surface area (Å²) in [7, 11) is 0.